The molecule has 1 unspecified atom stereocenters. The number of carbonyl (C=O) groups is 1. The van der Waals surface area contributed by atoms with E-state index in [1.807, 2.05) is 30.3 Å². The average molecular weight is 421 g/mol. The minimum atomic E-state index is -3.66. The lowest BCUT2D eigenvalue weighted by molar-refractivity contribution is -0.122. The Labute approximate surface area is 173 Å². The summed E-state index contributed by atoms with van der Waals surface area (Å²) in [5.41, 5.74) is 1.04. The van der Waals surface area contributed by atoms with E-state index in [2.05, 4.69) is 19.2 Å². The molecule has 1 N–H and O–H groups in total. The van der Waals surface area contributed by atoms with Gasteiger partial charge in [-0.3, -0.25) is 9.10 Å². The van der Waals surface area contributed by atoms with Crippen molar-refractivity contribution in [3.8, 4) is 0 Å². The number of hydrogen-bond donors (Lipinski definition) is 1. The van der Waals surface area contributed by atoms with Crippen LogP contribution in [0.25, 0.3) is 0 Å². The number of amides is 1. The maximum Gasteiger partial charge on any atom is 0.232 e. The zero-order chi connectivity index (χ0) is 21.4. The van der Waals surface area contributed by atoms with Gasteiger partial charge >= 0.3 is 0 Å². The van der Waals surface area contributed by atoms with Gasteiger partial charge in [0, 0.05) is 13.0 Å². The Balaban J connectivity index is 2.00. The van der Waals surface area contributed by atoms with Crippen molar-refractivity contribution in [2.24, 2.45) is 5.92 Å². The molecule has 158 valence electrons. The number of carbonyl (C=O) groups excluding carboxylic acids is 1. The van der Waals surface area contributed by atoms with E-state index in [9.17, 15) is 17.6 Å². The van der Waals surface area contributed by atoms with Crippen molar-refractivity contribution in [3.05, 3.63) is 66.0 Å². The molecular formula is C22H29FN2O3S. The molecule has 0 bridgehead atoms. The van der Waals surface area contributed by atoms with Crippen LogP contribution >= 0.6 is 0 Å². The van der Waals surface area contributed by atoms with Gasteiger partial charge in [0.05, 0.1) is 18.0 Å². The molecule has 2 aromatic carbocycles. The molecular weight excluding hydrogens is 391 g/mol. The van der Waals surface area contributed by atoms with Gasteiger partial charge in [0.15, 0.2) is 0 Å². The molecule has 29 heavy (non-hydrogen) atoms. The Morgan fingerprint density at radius 3 is 2.28 bits per heavy atom. The zero-order valence-corrected chi connectivity index (χ0v) is 18.0. The van der Waals surface area contributed by atoms with Crippen molar-refractivity contribution in [1.82, 2.24) is 5.32 Å². The van der Waals surface area contributed by atoms with E-state index in [0.717, 1.165) is 22.5 Å². The van der Waals surface area contributed by atoms with E-state index in [1.165, 1.54) is 18.2 Å². The van der Waals surface area contributed by atoms with Crippen LogP contribution in [0.15, 0.2) is 54.6 Å². The number of rotatable bonds is 10. The van der Waals surface area contributed by atoms with Crippen LogP contribution in [0.4, 0.5) is 10.1 Å². The van der Waals surface area contributed by atoms with Crippen molar-refractivity contribution in [2.45, 2.75) is 39.2 Å². The highest BCUT2D eigenvalue weighted by Gasteiger charge is 2.21. The summed E-state index contributed by atoms with van der Waals surface area (Å²) in [6.45, 7) is 4.23. The first-order valence-corrected chi connectivity index (χ1v) is 11.6. The fourth-order valence-corrected chi connectivity index (χ4v) is 4.17. The molecule has 0 aliphatic rings. The van der Waals surface area contributed by atoms with Gasteiger partial charge < -0.3 is 5.32 Å². The minimum Gasteiger partial charge on any atom is -0.349 e. The van der Waals surface area contributed by atoms with Crippen LogP contribution in [0.1, 0.15) is 44.7 Å². The summed E-state index contributed by atoms with van der Waals surface area (Å²) in [5, 5.41) is 3.05. The summed E-state index contributed by atoms with van der Waals surface area (Å²) in [6.07, 6.45) is 2.28. The topological polar surface area (TPSA) is 66.5 Å². The van der Waals surface area contributed by atoms with Gasteiger partial charge in [0.1, 0.15) is 5.82 Å². The van der Waals surface area contributed by atoms with Crippen molar-refractivity contribution in [3.63, 3.8) is 0 Å². The van der Waals surface area contributed by atoms with Crippen molar-refractivity contribution in [2.75, 3.05) is 17.1 Å². The average Bonchev–Trinajstić information content (AvgIpc) is 2.65. The molecule has 0 aliphatic carbocycles. The number of para-hydroxylation sites is 1. The maximum absolute atomic E-state index is 14.1. The van der Waals surface area contributed by atoms with E-state index in [-0.39, 0.29) is 37.0 Å². The molecule has 0 radical (unpaired) electrons. The summed E-state index contributed by atoms with van der Waals surface area (Å²) in [7, 11) is -3.66. The maximum atomic E-state index is 14.1. The van der Waals surface area contributed by atoms with Gasteiger partial charge in [-0.2, -0.15) is 0 Å². The number of hydrogen-bond acceptors (Lipinski definition) is 3. The van der Waals surface area contributed by atoms with Crippen LogP contribution in [-0.4, -0.2) is 27.1 Å². The summed E-state index contributed by atoms with van der Waals surface area (Å²) in [5.74, 6) is -0.354. The molecule has 0 saturated heterocycles. The molecule has 7 heteroatoms. The van der Waals surface area contributed by atoms with Gasteiger partial charge in [-0.25, -0.2) is 12.8 Å². The first kappa shape index (κ1) is 22.9. The first-order valence-electron chi connectivity index (χ1n) is 9.75. The number of sulfonamides is 1. The quantitative estimate of drug-likeness (QED) is 0.624. The summed E-state index contributed by atoms with van der Waals surface area (Å²) < 4.78 is 39.3. The molecule has 2 rings (SSSR count). The SMILES string of the molecule is CC(C)CC(NC(=O)CCCN(c1ccccc1F)S(C)(=O)=O)c1ccccc1. The highest BCUT2D eigenvalue weighted by atomic mass is 32.2. The van der Waals surface area contributed by atoms with Crippen molar-refractivity contribution in [1.29, 1.82) is 0 Å². The van der Waals surface area contributed by atoms with E-state index >= 15 is 0 Å². The molecule has 0 heterocycles. The van der Waals surface area contributed by atoms with Gasteiger partial charge in [-0.15, -0.1) is 0 Å². The van der Waals surface area contributed by atoms with E-state index in [0.29, 0.717) is 5.92 Å². The smallest absolute Gasteiger partial charge is 0.232 e. The highest BCUT2D eigenvalue weighted by molar-refractivity contribution is 7.92. The lowest BCUT2D eigenvalue weighted by atomic mass is 9.97. The van der Waals surface area contributed by atoms with Crippen molar-refractivity contribution < 1.29 is 17.6 Å². The Morgan fingerprint density at radius 1 is 1.07 bits per heavy atom. The standard InChI is InChI=1S/C22H29FN2O3S/c1-17(2)16-20(18-10-5-4-6-11-18)24-22(26)14-9-15-25(29(3,27)28)21-13-8-7-12-19(21)23/h4-8,10-13,17,20H,9,14-16H2,1-3H3,(H,24,26). The minimum absolute atomic E-state index is 0.00243. The fourth-order valence-electron chi connectivity index (χ4n) is 3.20. The monoisotopic (exact) mass is 420 g/mol. The molecule has 0 spiro atoms. The summed E-state index contributed by atoms with van der Waals surface area (Å²) in [6, 6.07) is 15.4. The van der Waals surface area contributed by atoms with Gasteiger partial charge in [0.2, 0.25) is 15.9 Å². The highest BCUT2D eigenvalue weighted by Crippen LogP contribution is 2.23. The van der Waals surface area contributed by atoms with E-state index in [1.54, 1.807) is 6.07 Å². The first-order chi connectivity index (χ1) is 13.7. The fraction of sp³-hybridized carbons (Fsp3) is 0.409. The second-order valence-electron chi connectivity index (χ2n) is 7.55. The number of benzene rings is 2. The molecule has 1 atom stereocenters. The molecule has 5 nitrogen and oxygen atoms in total. The molecule has 2 aromatic rings. The molecule has 0 fully saturated rings. The molecule has 0 saturated carbocycles. The molecule has 0 aromatic heterocycles. The summed E-state index contributed by atoms with van der Waals surface area (Å²) >= 11 is 0. The van der Waals surface area contributed by atoms with Crippen LogP contribution < -0.4 is 9.62 Å². The van der Waals surface area contributed by atoms with Crippen LogP contribution in [0.2, 0.25) is 0 Å². The van der Waals surface area contributed by atoms with Crippen LogP contribution in [-0.2, 0) is 14.8 Å². The predicted molar refractivity (Wildman–Crippen MR) is 115 cm³/mol. The second kappa shape index (κ2) is 10.4. The third-order valence-corrected chi connectivity index (χ3v) is 5.71. The zero-order valence-electron chi connectivity index (χ0n) is 17.1. The summed E-state index contributed by atoms with van der Waals surface area (Å²) in [4.78, 5) is 12.5. The Hall–Kier alpha value is -2.41. The predicted octanol–water partition coefficient (Wildman–Crippen LogP) is 4.28. The Kier molecular flexibility index (Phi) is 8.20. The number of nitrogens with one attached hydrogen (secondary N) is 1. The van der Waals surface area contributed by atoms with Gasteiger partial charge in [-0.1, -0.05) is 56.3 Å². The molecule has 0 aliphatic heterocycles. The van der Waals surface area contributed by atoms with Crippen LogP contribution in [0.5, 0.6) is 0 Å². The van der Waals surface area contributed by atoms with Crippen LogP contribution in [0, 0.1) is 11.7 Å². The second-order valence-corrected chi connectivity index (χ2v) is 9.46. The van der Waals surface area contributed by atoms with E-state index in [4.69, 9.17) is 0 Å². The number of anilines is 1. The van der Waals surface area contributed by atoms with E-state index < -0.39 is 15.8 Å². The number of halogens is 1. The van der Waals surface area contributed by atoms with Gasteiger partial charge in [0.25, 0.3) is 0 Å². The van der Waals surface area contributed by atoms with Gasteiger partial charge in [-0.05, 0) is 36.5 Å². The lowest BCUT2D eigenvalue weighted by Crippen LogP contribution is -2.33. The van der Waals surface area contributed by atoms with Crippen molar-refractivity contribution >= 4 is 21.6 Å². The Bertz CT molecular complexity index is 901. The van der Waals surface area contributed by atoms with Crippen LogP contribution in [0.3, 0.4) is 0 Å². The third kappa shape index (κ3) is 7.16. The Morgan fingerprint density at radius 2 is 1.69 bits per heavy atom. The third-order valence-electron chi connectivity index (χ3n) is 4.53. The molecule has 1 amide bonds. The number of nitrogens with zero attached hydrogens (tertiary/aromatic N) is 1. The lowest BCUT2D eigenvalue weighted by Gasteiger charge is -2.24. The largest absolute Gasteiger partial charge is 0.349 e. The normalized spacial score (nSPS) is 12.6.